The first-order chi connectivity index (χ1) is 7.22. The molecule has 0 spiro atoms. The van der Waals surface area contributed by atoms with Crippen molar-refractivity contribution in [1.29, 1.82) is 0 Å². The molecule has 0 aromatic rings. The molecule has 0 aliphatic rings. The summed E-state index contributed by atoms with van der Waals surface area (Å²) in [4.78, 5) is 10.5. The van der Waals surface area contributed by atoms with Crippen LogP contribution in [0.25, 0.3) is 0 Å². The van der Waals surface area contributed by atoms with E-state index in [4.69, 9.17) is 9.84 Å². The summed E-state index contributed by atoms with van der Waals surface area (Å²) < 4.78 is 5.27. The average molecular weight is 236 g/mol. The van der Waals surface area contributed by atoms with Crippen LogP contribution >= 0.6 is 0 Å². The van der Waals surface area contributed by atoms with Crippen LogP contribution in [-0.4, -0.2) is 63.3 Å². The molecule has 0 aromatic carbocycles. The van der Waals surface area contributed by atoms with Crippen LogP contribution in [0.5, 0.6) is 0 Å². The van der Waals surface area contributed by atoms with Crippen molar-refractivity contribution in [2.75, 3.05) is 6.61 Å². The van der Waals surface area contributed by atoms with Crippen molar-refractivity contribution in [3.8, 4) is 0 Å². The summed E-state index contributed by atoms with van der Waals surface area (Å²) in [7, 11) is 0. The molecule has 0 aliphatic carbocycles. The van der Waals surface area contributed by atoms with E-state index in [2.05, 4.69) is 0 Å². The largest absolute Gasteiger partial charge is 0.394 e. The lowest BCUT2D eigenvalue weighted by molar-refractivity contribution is -0.179. The summed E-state index contributed by atoms with van der Waals surface area (Å²) >= 11 is 0. The highest BCUT2D eigenvalue weighted by Gasteiger charge is 2.35. The van der Waals surface area contributed by atoms with Gasteiger partial charge in [-0.2, -0.15) is 0 Å². The van der Waals surface area contributed by atoms with Crippen molar-refractivity contribution in [2.24, 2.45) is 0 Å². The summed E-state index contributed by atoms with van der Waals surface area (Å²) in [5, 5.41) is 36.8. The second-order valence-corrected chi connectivity index (χ2v) is 4.56. The first kappa shape index (κ1) is 15.5. The minimum Gasteiger partial charge on any atom is -0.394 e. The molecule has 0 radical (unpaired) electrons. The maximum absolute atomic E-state index is 10.5. The monoisotopic (exact) mass is 236 g/mol. The van der Waals surface area contributed by atoms with Gasteiger partial charge in [-0.3, -0.25) is 0 Å². The Bertz CT molecular complexity index is 212. The molecule has 0 heterocycles. The van der Waals surface area contributed by atoms with Crippen LogP contribution in [0, 0.1) is 0 Å². The Balaban J connectivity index is 4.73. The van der Waals surface area contributed by atoms with Crippen LogP contribution in [0.15, 0.2) is 0 Å². The molecule has 0 saturated heterocycles. The van der Waals surface area contributed by atoms with E-state index in [1.807, 2.05) is 0 Å². The van der Waals surface area contributed by atoms with E-state index in [0.717, 1.165) is 0 Å². The van der Waals surface area contributed by atoms with Crippen molar-refractivity contribution >= 4 is 6.29 Å². The van der Waals surface area contributed by atoms with Crippen molar-refractivity contribution < 1.29 is 30.0 Å². The third-order valence-corrected chi connectivity index (χ3v) is 1.88. The van der Waals surface area contributed by atoms with Crippen LogP contribution in [0.2, 0.25) is 0 Å². The zero-order valence-electron chi connectivity index (χ0n) is 9.70. The quantitative estimate of drug-likeness (QED) is 0.416. The highest BCUT2D eigenvalue weighted by Crippen LogP contribution is 2.17. The normalized spacial score (nSPS) is 19.9. The molecule has 4 atom stereocenters. The van der Waals surface area contributed by atoms with Gasteiger partial charge in [0.1, 0.15) is 24.4 Å². The molecule has 0 rings (SSSR count). The SMILES string of the molecule is CC(C)(C)O[C@@H]([C@H](O)[C@H](O)CO)[C@@H](O)C=O. The number of hydrogen-bond acceptors (Lipinski definition) is 6. The van der Waals surface area contributed by atoms with Crippen molar-refractivity contribution in [1.82, 2.24) is 0 Å². The fourth-order valence-electron chi connectivity index (χ4n) is 1.15. The zero-order chi connectivity index (χ0) is 12.9. The van der Waals surface area contributed by atoms with E-state index in [9.17, 15) is 20.1 Å². The number of ether oxygens (including phenoxy) is 1. The van der Waals surface area contributed by atoms with E-state index < -0.39 is 36.6 Å². The van der Waals surface area contributed by atoms with Crippen LogP contribution in [0.3, 0.4) is 0 Å². The Morgan fingerprint density at radius 2 is 1.75 bits per heavy atom. The second kappa shape index (κ2) is 6.27. The summed E-state index contributed by atoms with van der Waals surface area (Å²) in [5.74, 6) is 0. The van der Waals surface area contributed by atoms with Crippen LogP contribution in [0.4, 0.5) is 0 Å². The molecule has 0 amide bonds. The number of carbonyl (C=O) groups excluding carboxylic acids is 1. The number of rotatable bonds is 6. The van der Waals surface area contributed by atoms with Crippen molar-refractivity contribution in [3.05, 3.63) is 0 Å². The second-order valence-electron chi connectivity index (χ2n) is 4.56. The van der Waals surface area contributed by atoms with Gasteiger partial charge in [0.25, 0.3) is 0 Å². The molecule has 0 aromatic heterocycles. The fourth-order valence-corrected chi connectivity index (χ4v) is 1.15. The molecule has 16 heavy (non-hydrogen) atoms. The van der Waals surface area contributed by atoms with E-state index in [1.165, 1.54) is 0 Å². The van der Waals surface area contributed by atoms with Gasteiger partial charge < -0.3 is 30.0 Å². The summed E-state index contributed by atoms with van der Waals surface area (Å²) in [6.45, 7) is 4.34. The third-order valence-electron chi connectivity index (χ3n) is 1.88. The highest BCUT2D eigenvalue weighted by molar-refractivity contribution is 5.56. The molecule has 96 valence electrons. The van der Waals surface area contributed by atoms with Gasteiger partial charge >= 0.3 is 0 Å². The Morgan fingerprint density at radius 3 is 2.06 bits per heavy atom. The lowest BCUT2D eigenvalue weighted by Crippen LogP contribution is -2.50. The smallest absolute Gasteiger partial charge is 0.151 e. The Hall–Kier alpha value is -0.530. The van der Waals surface area contributed by atoms with E-state index >= 15 is 0 Å². The van der Waals surface area contributed by atoms with Crippen molar-refractivity contribution in [2.45, 2.75) is 50.8 Å². The maximum atomic E-state index is 10.5. The van der Waals surface area contributed by atoms with Crippen molar-refractivity contribution in [3.63, 3.8) is 0 Å². The van der Waals surface area contributed by atoms with E-state index in [-0.39, 0.29) is 6.29 Å². The van der Waals surface area contributed by atoms with E-state index in [1.54, 1.807) is 20.8 Å². The first-order valence-corrected chi connectivity index (χ1v) is 5.01. The molecule has 0 saturated carbocycles. The predicted molar refractivity (Wildman–Crippen MR) is 55.8 cm³/mol. The zero-order valence-corrected chi connectivity index (χ0v) is 9.70. The minimum atomic E-state index is -1.56. The van der Waals surface area contributed by atoms with Gasteiger partial charge in [0.2, 0.25) is 0 Å². The average Bonchev–Trinajstić information content (AvgIpc) is 2.21. The molecule has 6 heteroatoms. The minimum absolute atomic E-state index is 0.212. The van der Waals surface area contributed by atoms with Gasteiger partial charge in [0, 0.05) is 0 Å². The molecule has 0 fully saturated rings. The standard InChI is InChI=1S/C10H20O6/c1-10(2,3)16-9(7(14)5-12)8(15)6(13)4-11/h5-9,11,13-15H,4H2,1-3H3/t6-,7+,8-,9-/m1/s1. The number of aliphatic hydroxyl groups is 4. The van der Waals surface area contributed by atoms with Gasteiger partial charge in [0.05, 0.1) is 12.2 Å². The molecule has 0 unspecified atom stereocenters. The van der Waals surface area contributed by atoms with Gasteiger partial charge in [-0.05, 0) is 20.8 Å². The van der Waals surface area contributed by atoms with Gasteiger partial charge in [0.15, 0.2) is 6.29 Å². The molecule has 0 aliphatic heterocycles. The molecular formula is C10H20O6. The Kier molecular flexibility index (Phi) is 6.06. The topological polar surface area (TPSA) is 107 Å². The Morgan fingerprint density at radius 1 is 1.25 bits per heavy atom. The summed E-state index contributed by atoms with van der Waals surface area (Å²) in [5.41, 5.74) is -0.704. The highest BCUT2D eigenvalue weighted by atomic mass is 16.5. The summed E-state index contributed by atoms with van der Waals surface area (Å²) in [6.07, 6.45) is -5.63. The molecular weight excluding hydrogens is 216 g/mol. The first-order valence-electron chi connectivity index (χ1n) is 5.01. The van der Waals surface area contributed by atoms with Crippen LogP contribution in [-0.2, 0) is 9.53 Å². The van der Waals surface area contributed by atoms with Gasteiger partial charge in [-0.15, -0.1) is 0 Å². The lowest BCUT2D eigenvalue weighted by Gasteiger charge is -2.33. The van der Waals surface area contributed by atoms with Gasteiger partial charge in [-0.1, -0.05) is 0 Å². The lowest BCUT2D eigenvalue weighted by atomic mass is 10.0. The molecule has 6 nitrogen and oxygen atoms in total. The fraction of sp³-hybridized carbons (Fsp3) is 0.900. The Labute approximate surface area is 94.5 Å². The number of carbonyl (C=O) groups is 1. The molecule has 0 bridgehead atoms. The maximum Gasteiger partial charge on any atom is 0.151 e. The van der Waals surface area contributed by atoms with Gasteiger partial charge in [-0.25, -0.2) is 0 Å². The third kappa shape index (κ3) is 5.00. The van der Waals surface area contributed by atoms with Crippen LogP contribution < -0.4 is 0 Å². The predicted octanol–water partition coefficient (Wildman–Crippen LogP) is -1.56. The number of aliphatic hydroxyl groups excluding tert-OH is 4. The molecule has 4 N–H and O–H groups in total. The number of aldehydes is 1. The van der Waals surface area contributed by atoms with Crippen LogP contribution in [0.1, 0.15) is 20.8 Å². The number of hydrogen-bond donors (Lipinski definition) is 4. The summed E-state index contributed by atoms with van der Waals surface area (Å²) in [6, 6.07) is 0. The van der Waals surface area contributed by atoms with E-state index in [0.29, 0.717) is 0 Å².